The van der Waals surface area contributed by atoms with Crippen molar-refractivity contribution in [1.29, 1.82) is 0 Å². The Kier molecular flexibility index (Phi) is 6.24. The number of nitro groups is 1. The van der Waals surface area contributed by atoms with Crippen LogP contribution in [0.4, 0.5) is 5.69 Å². The predicted octanol–water partition coefficient (Wildman–Crippen LogP) is 0.689. The number of carbonyl (C=O) groups excluding carboxylic acids is 1. The molecule has 0 saturated carbocycles. The van der Waals surface area contributed by atoms with E-state index >= 15 is 0 Å². The molecule has 0 fully saturated rings. The fourth-order valence-electron chi connectivity index (χ4n) is 1.92. The standard InChI is InChI=1S/C13H17N3O6/c1-2-10(13(20)14-7-3-4-12(18)19)15-8-9(16(21)22)5-6-11(15)17/h5-6,8,10H,2-4,7H2,1H3,(H,14,20)(H,18,19). The van der Waals surface area contributed by atoms with Gasteiger partial charge in [-0.15, -0.1) is 0 Å². The Balaban J connectivity index is 2.84. The first kappa shape index (κ1) is 17.3. The minimum Gasteiger partial charge on any atom is -0.481 e. The number of amides is 1. The second-order valence-corrected chi connectivity index (χ2v) is 4.60. The van der Waals surface area contributed by atoms with E-state index in [1.165, 1.54) is 0 Å². The van der Waals surface area contributed by atoms with Crippen molar-refractivity contribution >= 4 is 17.6 Å². The summed E-state index contributed by atoms with van der Waals surface area (Å²) in [7, 11) is 0. The molecule has 0 aliphatic carbocycles. The minimum atomic E-state index is -0.962. The fraction of sp³-hybridized carbons (Fsp3) is 0.462. The van der Waals surface area contributed by atoms with E-state index in [4.69, 9.17) is 5.11 Å². The largest absolute Gasteiger partial charge is 0.481 e. The first-order valence-corrected chi connectivity index (χ1v) is 6.73. The fourth-order valence-corrected chi connectivity index (χ4v) is 1.92. The average Bonchev–Trinajstić information content (AvgIpc) is 2.45. The lowest BCUT2D eigenvalue weighted by Gasteiger charge is -2.17. The molecule has 0 aromatic carbocycles. The molecule has 1 amide bonds. The summed E-state index contributed by atoms with van der Waals surface area (Å²) in [6, 6.07) is 1.24. The SMILES string of the molecule is CCC(C(=O)NCCCC(=O)O)n1cc([N+](=O)[O-])ccc1=O. The zero-order valence-corrected chi connectivity index (χ0v) is 12.0. The van der Waals surface area contributed by atoms with Gasteiger partial charge in [-0.3, -0.25) is 29.1 Å². The van der Waals surface area contributed by atoms with Crippen molar-refractivity contribution in [3.8, 4) is 0 Å². The Bertz CT molecular complexity index is 624. The Morgan fingerprint density at radius 1 is 1.45 bits per heavy atom. The topological polar surface area (TPSA) is 132 Å². The van der Waals surface area contributed by atoms with Gasteiger partial charge in [0.25, 0.3) is 11.2 Å². The summed E-state index contributed by atoms with van der Waals surface area (Å²) >= 11 is 0. The second kappa shape index (κ2) is 7.91. The number of rotatable bonds is 8. The van der Waals surface area contributed by atoms with Crippen LogP contribution in [-0.2, 0) is 9.59 Å². The van der Waals surface area contributed by atoms with Crippen molar-refractivity contribution in [3.63, 3.8) is 0 Å². The molecule has 1 aromatic rings. The second-order valence-electron chi connectivity index (χ2n) is 4.60. The predicted molar refractivity (Wildman–Crippen MR) is 76.6 cm³/mol. The van der Waals surface area contributed by atoms with Crippen LogP contribution in [0.1, 0.15) is 32.2 Å². The molecular weight excluding hydrogens is 294 g/mol. The molecule has 1 heterocycles. The first-order valence-electron chi connectivity index (χ1n) is 6.73. The van der Waals surface area contributed by atoms with Gasteiger partial charge in [0.05, 0.1) is 11.1 Å². The maximum absolute atomic E-state index is 12.1. The molecular formula is C13H17N3O6. The van der Waals surface area contributed by atoms with Gasteiger partial charge < -0.3 is 10.4 Å². The summed E-state index contributed by atoms with van der Waals surface area (Å²) in [6.07, 6.45) is 1.49. The monoisotopic (exact) mass is 311 g/mol. The molecule has 2 N–H and O–H groups in total. The van der Waals surface area contributed by atoms with Gasteiger partial charge in [0, 0.05) is 25.1 Å². The Morgan fingerprint density at radius 2 is 2.14 bits per heavy atom. The van der Waals surface area contributed by atoms with Crippen LogP contribution in [0.2, 0.25) is 0 Å². The molecule has 22 heavy (non-hydrogen) atoms. The minimum absolute atomic E-state index is 0.0756. The summed E-state index contributed by atoms with van der Waals surface area (Å²) in [4.78, 5) is 44.4. The molecule has 0 aliphatic heterocycles. The highest BCUT2D eigenvalue weighted by atomic mass is 16.6. The van der Waals surface area contributed by atoms with Crippen LogP contribution in [0.5, 0.6) is 0 Å². The maximum Gasteiger partial charge on any atom is 0.303 e. The third-order valence-electron chi connectivity index (χ3n) is 3.03. The molecule has 0 saturated heterocycles. The van der Waals surface area contributed by atoms with Crippen LogP contribution in [0.15, 0.2) is 23.1 Å². The zero-order valence-electron chi connectivity index (χ0n) is 12.0. The number of aliphatic carboxylic acids is 1. The normalized spacial score (nSPS) is 11.7. The van der Waals surface area contributed by atoms with Crippen molar-refractivity contribution in [2.75, 3.05) is 6.54 Å². The molecule has 120 valence electrons. The van der Waals surface area contributed by atoms with Gasteiger partial charge in [0.1, 0.15) is 6.04 Å². The summed E-state index contributed by atoms with van der Waals surface area (Å²) in [5.41, 5.74) is -0.796. The smallest absolute Gasteiger partial charge is 0.303 e. The Hall–Kier alpha value is -2.71. The van der Waals surface area contributed by atoms with E-state index in [0.717, 1.165) is 22.9 Å². The van der Waals surface area contributed by atoms with Gasteiger partial charge in [0.2, 0.25) is 5.91 Å². The number of carboxylic acids is 1. The van der Waals surface area contributed by atoms with Gasteiger partial charge in [-0.25, -0.2) is 0 Å². The van der Waals surface area contributed by atoms with E-state index in [1.54, 1.807) is 6.92 Å². The third kappa shape index (κ3) is 4.69. The van der Waals surface area contributed by atoms with Crippen LogP contribution in [-0.4, -0.2) is 33.0 Å². The molecule has 0 aliphatic rings. The highest BCUT2D eigenvalue weighted by Crippen LogP contribution is 2.14. The van der Waals surface area contributed by atoms with Crippen molar-refractivity contribution in [1.82, 2.24) is 9.88 Å². The third-order valence-corrected chi connectivity index (χ3v) is 3.03. The number of nitrogens with zero attached hydrogens (tertiary/aromatic N) is 2. The highest BCUT2D eigenvalue weighted by molar-refractivity contribution is 5.80. The van der Waals surface area contributed by atoms with Gasteiger partial charge in [-0.1, -0.05) is 6.92 Å². The lowest BCUT2D eigenvalue weighted by atomic mass is 10.2. The summed E-state index contributed by atoms with van der Waals surface area (Å²) in [6.45, 7) is 1.83. The highest BCUT2D eigenvalue weighted by Gasteiger charge is 2.21. The number of aromatic nitrogens is 1. The lowest BCUT2D eigenvalue weighted by Crippen LogP contribution is -2.37. The molecule has 9 heteroatoms. The van der Waals surface area contributed by atoms with Gasteiger partial charge in [-0.2, -0.15) is 0 Å². The van der Waals surface area contributed by atoms with Gasteiger partial charge in [0.15, 0.2) is 0 Å². The molecule has 9 nitrogen and oxygen atoms in total. The Labute approximate surface area is 125 Å². The van der Waals surface area contributed by atoms with E-state index in [2.05, 4.69) is 5.32 Å². The summed E-state index contributed by atoms with van der Waals surface area (Å²) < 4.78 is 1.02. The van der Waals surface area contributed by atoms with E-state index in [0.29, 0.717) is 0 Å². The number of carbonyl (C=O) groups is 2. The summed E-state index contributed by atoms with van der Waals surface area (Å²) in [5.74, 6) is -1.44. The number of hydrogen-bond acceptors (Lipinski definition) is 5. The molecule has 0 spiro atoms. The molecule has 1 aromatic heterocycles. The van der Waals surface area contributed by atoms with Gasteiger partial charge in [-0.05, 0) is 12.8 Å². The maximum atomic E-state index is 12.1. The quantitative estimate of drug-likeness (QED) is 0.412. The number of nitrogens with one attached hydrogen (secondary N) is 1. The zero-order chi connectivity index (χ0) is 16.7. The van der Waals surface area contributed by atoms with Crippen molar-refractivity contribution in [2.45, 2.75) is 32.2 Å². The van der Waals surface area contributed by atoms with E-state index in [1.807, 2.05) is 0 Å². The van der Waals surface area contributed by atoms with Crippen LogP contribution in [0.25, 0.3) is 0 Å². The van der Waals surface area contributed by atoms with Crippen molar-refractivity contribution < 1.29 is 19.6 Å². The molecule has 1 rings (SSSR count). The average molecular weight is 311 g/mol. The Morgan fingerprint density at radius 3 is 2.68 bits per heavy atom. The number of pyridine rings is 1. The van der Waals surface area contributed by atoms with Crippen LogP contribution < -0.4 is 10.9 Å². The van der Waals surface area contributed by atoms with E-state index in [9.17, 15) is 24.5 Å². The van der Waals surface area contributed by atoms with Crippen LogP contribution in [0.3, 0.4) is 0 Å². The van der Waals surface area contributed by atoms with E-state index < -0.39 is 28.4 Å². The number of hydrogen-bond donors (Lipinski definition) is 2. The number of carboxylic acid groups (broad SMARTS) is 1. The van der Waals surface area contributed by atoms with Crippen molar-refractivity contribution in [3.05, 3.63) is 38.8 Å². The summed E-state index contributed by atoms with van der Waals surface area (Å²) in [5, 5.41) is 21.8. The van der Waals surface area contributed by atoms with Crippen LogP contribution in [0, 0.1) is 10.1 Å². The van der Waals surface area contributed by atoms with Crippen molar-refractivity contribution in [2.24, 2.45) is 0 Å². The lowest BCUT2D eigenvalue weighted by molar-refractivity contribution is -0.385. The molecule has 0 radical (unpaired) electrons. The van der Waals surface area contributed by atoms with E-state index in [-0.39, 0.29) is 31.5 Å². The molecule has 1 atom stereocenters. The van der Waals surface area contributed by atoms with Gasteiger partial charge >= 0.3 is 5.97 Å². The molecule has 0 bridgehead atoms. The van der Waals surface area contributed by atoms with Crippen LogP contribution >= 0.6 is 0 Å². The molecule has 1 unspecified atom stereocenters. The first-order chi connectivity index (χ1) is 10.4.